The number of hydrogen-bond donors (Lipinski definition) is 0. The molecule has 144 valence electrons. The first-order valence-electron chi connectivity index (χ1n) is 8.74. The molecule has 0 spiro atoms. The van der Waals surface area contributed by atoms with Gasteiger partial charge in [-0.2, -0.15) is 0 Å². The molecule has 3 rings (SSSR count). The summed E-state index contributed by atoms with van der Waals surface area (Å²) in [7, 11) is 0. The van der Waals surface area contributed by atoms with Crippen LogP contribution in [0.25, 0.3) is 11.1 Å². The SMILES string of the molecule is C=CCCC1CCc2cc(-c3cc(F)c(OC(F)(F)F)c(F)c3)ccc2C1. The van der Waals surface area contributed by atoms with Crippen molar-refractivity contribution in [3.8, 4) is 16.9 Å². The van der Waals surface area contributed by atoms with Crippen molar-refractivity contribution in [3.63, 3.8) is 0 Å². The van der Waals surface area contributed by atoms with Gasteiger partial charge in [0.05, 0.1) is 0 Å². The fourth-order valence-corrected chi connectivity index (χ4v) is 3.55. The number of aryl methyl sites for hydroxylation is 1. The summed E-state index contributed by atoms with van der Waals surface area (Å²) in [6, 6.07) is 7.26. The lowest BCUT2D eigenvalue weighted by molar-refractivity contribution is -0.276. The Morgan fingerprint density at radius 2 is 1.74 bits per heavy atom. The van der Waals surface area contributed by atoms with Crippen molar-refractivity contribution in [2.24, 2.45) is 5.92 Å². The molecular weight excluding hydrogens is 363 g/mol. The van der Waals surface area contributed by atoms with Crippen molar-refractivity contribution in [2.45, 2.75) is 38.5 Å². The number of benzene rings is 2. The van der Waals surface area contributed by atoms with Gasteiger partial charge in [-0.25, -0.2) is 8.78 Å². The highest BCUT2D eigenvalue weighted by Gasteiger charge is 2.34. The van der Waals surface area contributed by atoms with Gasteiger partial charge in [0.25, 0.3) is 0 Å². The number of hydrogen-bond acceptors (Lipinski definition) is 1. The summed E-state index contributed by atoms with van der Waals surface area (Å²) in [5.41, 5.74) is 3.06. The van der Waals surface area contributed by atoms with Crippen LogP contribution in [0.2, 0.25) is 0 Å². The van der Waals surface area contributed by atoms with Crippen molar-refractivity contribution in [1.29, 1.82) is 0 Å². The number of rotatable bonds is 5. The topological polar surface area (TPSA) is 9.23 Å². The van der Waals surface area contributed by atoms with Crippen molar-refractivity contribution < 1.29 is 26.7 Å². The van der Waals surface area contributed by atoms with Gasteiger partial charge < -0.3 is 4.74 Å². The van der Waals surface area contributed by atoms with Crippen molar-refractivity contribution in [3.05, 3.63) is 65.7 Å². The third kappa shape index (κ3) is 4.67. The van der Waals surface area contributed by atoms with Crippen LogP contribution in [0.3, 0.4) is 0 Å². The summed E-state index contributed by atoms with van der Waals surface area (Å²) < 4.78 is 68.1. The second kappa shape index (κ2) is 7.71. The van der Waals surface area contributed by atoms with Gasteiger partial charge in [-0.15, -0.1) is 19.8 Å². The minimum Gasteiger partial charge on any atom is -0.399 e. The van der Waals surface area contributed by atoms with E-state index in [1.165, 1.54) is 5.56 Å². The molecule has 1 unspecified atom stereocenters. The molecule has 0 fully saturated rings. The third-order valence-corrected chi connectivity index (χ3v) is 4.87. The fourth-order valence-electron chi connectivity index (χ4n) is 3.55. The van der Waals surface area contributed by atoms with Crippen molar-refractivity contribution >= 4 is 0 Å². The van der Waals surface area contributed by atoms with Crippen molar-refractivity contribution in [2.75, 3.05) is 0 Å². The van der Waals surface area contributed by atoms with Crippen LogP contribution in [0.5, 0.6) is 5.75 Å². The van der Waals surface area contributed by atoms with Gasteiger partial charge in [-0.3, -0.25) is 0 Å². The van der Waals surface area contributed by atoms with E-state index in [1.54, 1.807) is 6.07 Å². The third-order valence-electron chi connectivity index (χ3n) is 4.87. The van der Waals surface area contributed by atoms with Crippen LogP contribution < -0.4 is 4.74 Å². The zero-order valence-electron chi connectivity index (χ0n) is 14.6. The zero-order valence-corrected chi connectivity index (χ0v) is 14.6. The summed E-state index contributed by atoms with van der Waals surface area (Å²) in [6.45, 7) is 3.74. The molecule has 6 heteroatoms. The molecule has 27 heavy (non-hydrogen) atoms. The van der Waals surface area contributed by atoms with Crippen LogP contribution in [0.15, 0.2) is 43.0 Å². The molecule has 0 aromatic heterocycles. The average molecular weight is 382 g/mol. The Balaban J connectivity index is 1.85. The molecule has 0 saturated heterocycles. The van der Waals surface area contributed by atoms with Gasteiger partial charge in [-0.1, -0.05) is 24.3 Å². The number of alkyl halides is 3. The van der Waals surface area contributed by atoms with Crippen LogP contribution in [0, 0.1) is 17.6 Å². The molecule has 0 saturated carbocycles. The first kappa shape index (κ1) is 19.4. The summed E-state index contributed by atoms with van der Waals surface area (Å²) in [4.78, 5) is 0. The molecule has 0 N–H and O–H groups in total. The van der Waals surface area contributed by atoms with E-state index in [4.69, 9.17) is 0 Å². The molecule has 2 aromatic carbocycles. The summed E-state index contributed by atoms with van der Waals surface area (Å²) in [5.74, 6) is -3.61. The van der Waals surface area contributed by atoms with Crippen LogP contribution in [-0.4, -0.2) is 6.36 Å². The maximum Gasteiger partial charge on any atom is 0.573 e. The molecule has 1 atom stereocenters. The predicted octanol–water partition coefficient (Wildman–Crippen LogP) is 6.60. The second-order valence-electron chi connectivity index (χ2n) is 6.78. The molecule has 0 radical (unpaired) electrons. The van der Waals surface area contributed by atoms with Gasteiger partial charge >= 0.3 is 6.36 Å². The molecule has 0 aliphatic heterocycles. The fraction of sp³-hybridized carbons (Fsp3) is 0.333. The van der Waals surface area contributed by atoms with Crippen LogP contribution in [0.4, 0.5) is 22.0 Å². The zero-order chi connectivity index (χ0) is 19.6. The Hall–Kier alpha value is -2.37. The molecule has 1 aliphatic rings. The van der Waals surface area contributed by atoms with Gasteiger partial charge in [0.1, 0.15) is 0 Å². The lowest BCUT2D eigenvalue weighted by Gasteiger charge is -2.25. The lowest BCUT2D eigenvalue weighted by Crippen LogP contribution is -2.19. The van der Waals surface area contributed by atoms with E-state index in [9.17, 15) is 22.0 Å². The van der Waals surface area contributed by atoms with E-state index in [0.717, 1.165) is 49.8 Å². The predicted molar refractivity (Wildman–Crippen MR) is 93.4 cm³/mol. The minimum atomic E-state index is -5.16. The molecule has 0 bridgehead atoms. The Morgan fingerprint density at radius 3 is 2.37 bits per heavy atom. The standard InChI is InChI=1S/C21H19F5O/c1-2-3-4-13-5-6-15-10-16(8-7-14(15)9-13)17-11-18(22)20(19(23)12-17)27-21(24,25)26/h2,7-8,10-13H,1,3-6,9H2. The highest BCUT2D eigenvalue weighted by molar-refractivity contribution is 5.66. The van der Waals surface area contributed by atoms with Crippen molar-refractivity contribution in [1.82, 2.24) is 0 Å². The van der Waals surface area contributed by atoms with Gasteiger partial charge in [0.2, 0.25) is 5.75 Å². The van der Waals surface area contributed by atoms with E-state index in [0.29, 0.717) is 11.5 Å². The number of halogens is 5. The first-order chi connectivity index (χ1) is 12.8. The Bertz CT molecular complexity index is 818. The maximum absolute atomic E-state index is 14.0. The minimum absolute atomic E-state index is 0.177. The molecular formula is C21H19F5O. The van der Waals surface area contributed by atoms with Crippen LogP contribution in [0.1, 0.15) is 30.4 Å². The Morgan fingerprint density at radius 1 is 1.04 bits per heavy atom. The summed E-state index contributed by atoms with van der Waals surface area (Å²) in [5, 5.41) is 0. The highest BCUT2D eigenvalue weighted by Crippen LogP contribution is 2.35. The second-order valence-corrected chi connectivity index (χ2v) is 6.78. The normalized spacial score (nSPS) is 16.7. The quantitative estimate of drug-likeness (QED) is 0.418. The molecule has 0 heterocycles. The maximum atomic E-state index is 14.0. The number of ether oxygens (including phenoxy) is 1. The summed E-state index contributed by atoms with van der Waals surface area (Å²) >= 11 is 0. The van der Waals surface area contributed by atoms with Crippen LogP contribution in [-0.2, 0) is 12.8 Å². The van der Waals surface area contributed by atoms with E-state index >= 15 is 0 Å². The van der Waals surface area contributed by atoms with E-state index < -0.39 is 23.7 Å². The van der Waals surface area contributed by atoms with E-state index in [1.807, 2.05) is 18.2 Å². The lowest BCUT2D eigenvalue weighted by atomic mass is 9.80. The summed E-state index contributed by atoms with van der Waals surface area (Å²) in [6.07, 6.45) is 1.66. The van der Waals surface area contributed by atoms with E-state index in [2.05, 4.69) is 11.3 Å². The largest absolute Gasteiger partial charge is 0.573 e. The highest BCUT2D eigenvalue weighted by atomic mass is 19.4. The van der Waals surface area contributed by atoms with Gasteiger partial charge in [0.15, 0.2) is 11.6 Å². The molecule has 1 nitrogen and oxygen atoms in total. The molecule has 0 amide bonds. The van der Waals surface area contributed by atoms with Gasteiger partial charge in [-0.05, 0) is 72.4 Å². The smallest absolute Gasteiger partial charge is 0.399 e. The van der Waals surface area contributed by atoms with Crippen LogP contribution >= 0.6 is 0 Å². The number of fused-ring (bicyclic) bond motifs is 1. The van der Waals surface area contributed by atoms with E-state index in [-0.39, 0.29) is 5.56 Å². The number of allylic oxidation sites excluding steroid dienone is 1. The Kier molecular flexibility index (Phi) is 5.53. The van der Waals surface area contributed by atoms with Gasteiger partial charge in [0, 0.05) is 0 Å². The Labute approximate surface area is 154 Å². The molecule has 1 aliphatic carbocycles. The monoisotopic (exact) mass is 382 g/mol. The molecule has 2 aromatic rings. The average Bonchev–Trinajstić information content (AvgIpc) is 2.61. The first-order valence-corrected chi connectivity index (χ1v) is 8.74.